The van der Waals surface area contributed by atoms with Crippen molar-refractivity contribution in [2.75, 3.05) is 24.7 Å². The van der Waals surface area contributed by atoms with Gasteiger partial charge >= 0.3 is 6.18 Å². The first-order chi connectivity index (χ1) is 13.5. The Morgan fingerprint density at radius 3 is 2.41 bits per heavy atom. The maximum atomic E-state index is 13.6. The normalized spacial score (nSPS) is 20.6. The molecule has 1 fully saturated rings. The van der Waals surface area contributed by atoms with E-state index in [4.69, 9.17) is 0 Å². The van der Waals surface area contributed by atoms with E-state index in [0.717, 1.165) is 11.8 Å². The molecule has 2 aromatic carbocycles. The molecule has 2 aromatic rings. The number of amides is 1. The lowest BCUT2D eigenvalue weighted by molar-refractivity contribution is -0.182. The number of rotatable bonds is 5. The van der Waals surface area contributed by atoms with E-state index in [1.165, 1.54) is 24.3 Å². The van der Waals surface area contributed by atoms with Gasteiger partial charge in [-0.15, -0.1) is 0 Å². The van der Waals surface area contributed by atoms with Gasteiger partial charge in [-0.05, 0) is 23.8 Å². The van der Waals surface area contributed by atoms with Crippen molar-refractivity contribution in [2.45, 2.75) is 17.6 Å². The van der Waals surface area contributed by atoms with Crippen LogP contribution in [0.2, 0.25) is 0 Å². The molecule has 1 N–H and O–H groups in total. The summed E-state index contributed by atoms with van der Waals surface area (Å²) in [5, 5.41) is 2.45. The number of hydrogen-bond donors (Lipinski definition) is 1. The monoisotopic (exact) mass is 426 g/mol. The molecule has 0 unspecified atom stereocenters. The fourth-order valence-corrected chi connectivity index (χ4v) is 4.16. The molecular formula is C20H21F3N2O3S. The highest BCUT2D eigenvalue weighted by Gasteiger charge is 2.52. The number of anilines is 1. The number of halogens is 3. The van der Waals surface area contributed by atoms with Crippen LogP contribution in [0.25, 0.3) is 0 Å². The number of hydrogen-bond acceptors (Lipinski definition) is 4. The molecule has 0 bridgehead atoms. The average molecular weight is 426 g/mol. The molecular weight excluding hydrogens is 405 g/mol. The third kappa shape index (κ3) is 5.36. The van der Waals surface area contributed by atoms with E-state index < -0.39 is 33.8 Å². The number of likely N-dealkylation sites (tertiary alicyclic amines) is 1. The third-order valence-electron chi connectivity index (χ3n) is 4.93. The van der Waals surface area contributed by atoms with Gasteiger partial charge in [0.1, 0.15) is 0 Å². The lowest BCUT2D eigenvalue weighted by atomic mass is 9.94. The van der Waals surface area contributed by atoms with Crippen LogP contribution in [-0.2, 0) is 21.2 Å². The molecule has 0 aromatic heterocycles. The zero-order valence-electron chi connectivity index (χ0n) is 15.7. The summed E-state index contributed by atoms with van der Waals surface area (Å²) in [6.07, 6.45) is -3.49. The molecule has 0 aliphatic carbocycles. The molecule has 1 amide bonds. The zero-order valence-corrected chi connectivity index (χ0v) is 16.5. The SMILES string of the molecule is CS(=O)(=O)c1cccc(NC(=O)[C@H]2CN(Cc3ccccc3)C[C@H]2C(F)(F)F)c1. The summed E-state index contributed by atoms with van der Waals surface area (Å²) >= 11 is 0. The molecule has 1 aliphatic rings. The lowest BCUT2D eigenvalue weighted by Gasteiger charge is -2.20. The van der Waals surface area contributed by atoms with E-state index in [9.17, 15) is 26.4 Å². The second-order valence-corrected chi connectivity index (χ2v) is 9.24. The van der Waals surface area contributed by atoms with Crippen LogP contribution in [0.5, 0.6) is 0 Å². The van der Waals surface area contributed by atoms with Crippen LogP contribution in [0.1, 0.15) is 5.56 Å². The molecule has 156 valence electrons. The van der Waals surface area contributed by atoms with Crippen molar-refractivity contribution in [3.05, 3.63) is 60.2 Å². The Balaban J connectivity index is 1.77. The Morgan fingerprint density at radius 1 is 1.10 bits per heavy atom. The minimum absolute atomic E-state index is 0.0141. The molecule has 9 heteroatoms. The van der Waals surface area contributed by atoms with Gasteiger partial charge in [0.05, 0.1) is 16.7 Å². The van der Waals surface area contributed by atoms with Gasteiger partial charge in [-0.3, -0.25) is 9.69 Å². The molecule has 29 heavy (non-hydrogen) atoms. The van der Waals surface area contributed by atoms with Crippen LogP contribution in [0.15, 0.2) is 59.5 Å². The molecule has 0 radical (unpaired) electrons. The van der Waals surface area contributed by atoms with E-state index in [0.29, 0.717) is 6.54 Å². The summed E-state index contributed by atoms with van der Waals surface area (Å²) in [6.45, 7) is 0.0251. The number of carbonyl (C=O) groups is 1. The van der Waals surface area contributed by atoms with Gasteiger partial charge < -0.3 is 5.32 Å². The van der Waals surface area contributed by atoms with Crippen molar-refractivity contribution in [1.82, 2.24) is 4.90 Å². The Kier molecular flexibility index (Phi) is 6.00. The van der Waals surface area contributed by atoms with E-state index in [1.807, 2.05) is 30.3 Å². The fraction of sp³-hybridized carbons (Fsp3) is 0.350. The highest BCUT2D eigenvalue weighted by Crippen LogP contribution is 2.38. The van der Waals surface area contributed by atoms with Gasteiger partial charge in [0, 0.05) is 31.6 Å². The molecule has 1 heterocycles. The summed E-state index contributed by atoms with van der Waals surface area (Å²) < 4.78 is 64.0. The Bertz CT molecular complexity index is 978. The van der Waals surface area contributed by atoms with Crippen LogP contribution < -0.4 is 5.32 Å². The summed E-state index contributed by atoms with van der Waals surface area (Å²) in [6, 6.07) is 14.6. The summed E-state index contributed by atoms with van der Waals surface area (Å²) in [5.74, 6) is -3.83. The number of nitrogens with zero attached hydrogens (tertiary/aromatic N) is 1. The van der Waals surface area contributed by atoms with Crippen molar-refractivity contribution >= 4 is 21.4 Å². The van der Waals surface area contributed by atoms with Gasteiger partial charge in [0.15, 0.2) is 9.84 Å². The van der Waals surface area contributed by atoms with E-state index in [2.05, 4.69) is 5.32 Å². The minimum atomic E-state index is -4.51. The maximum Gasteiger partial charge on any atom is 0.393 e. The van der Waals surface area contributed by atoms with E-state index in [-0.39, 0.29) is 23.7 Å². The second kappa shape index (κ2) is 8.16. The van der Waals surface area contributed by atoms with Crippen molar-refractivity contribution in [1.29, 1.82) is 0 Å². The predicted octanol–water partition coefficient (Wildman–Crippen LogP) is 3.34. The average Bonchev–Trinajstić information content (AvgIpc) is 3.06. The number of sulfone groups is 1. The topological polar surface area (TPSA) is 66.5 Å². The van der Waals surface area contributed by atoms with Crippen LogP contribution in [0, 0.1) is 11.8 Å². The van der Waals surface area contributed by atoms with Crippen LogP contribution >= 0.6 is 0 Å². The zero-order chi connectivity index (χ0) is 21.2. The molecule has 0 saturated carbocycles. The number of carbonyl (C=O) groups excluding carboxylic acids is 1. The minimum Gasteiger partial charge on any atom is -0.326 e. The molecule has 1 saturated heterocycles. The quantitative estimate of drug-likeness (QED) is 0.797. The van der Waals surface area contributed by atoms with Crippen LogP contribution in [0.3, 0.4) is 0 Å². The summed E-state index contributed by atoms with van der Waals surface area (Å²) in [4.78, 5) is 14.2. The highest BCUT2D eigenvalue weighted by atomic mass is 32.2. The third-order valence-corrected chi connectivity index (χ3v) is 6.04. The largest absolute Gasteiger partial charge is 0.393 e. The van der Waals surface area contributed by atoms with Gasteiger partial charge in [-0.1, -0.05) is 36.4 Å². The first-order valence-corrected chi connectivity index (χ1v) is 10.9. The second-order valence-electron chi connectivity index (χ2n) is 7.22. The highest BCUT2D eigenvalue weighted by molar-refractivity contribution is 7.90. The van der Waals surface area contributed by atoms with Crippen molar-refractivity contribution in [3.8, 4) is 0 Å². The van der Waals surface area contributed by atoms with Crippen LogP contribution in [0.4, 0.5) is 18.9 Å². The lowest BCUT2D eigenvalue weighted by Crippen LogP contribution is -2.36. The number of benzene rings is 2. The van der Waals surface area contributed by atoms with E-state index >= 15 is 0 Å². The predicted molar refractivity (Wildman–Crippen MR) is 103 cm³/mol. The Hall–Kier alpha value is -2.39. The molecule has 0 spiro atoms. The standard InChI is InChI=1S/C20H21F3N2O3S/c1-29(27,28)16-9-5-8-15(10-16)24-19(26)17-12-25(13-18(17)20(21,22)23)11-14-6-3-2-4-7-14/h2-10,17-18H,11-13H2,1H3,(H,24,26)/t17-,18+/m0/s1. The Labute approximate surface area is 167 Å². The van der Waals surface area contributed by atoms with Crippen molar-refractivity contribution in [2.24, 2.45) is 11.8 Å². The molecule has 5 nitrogen and oxygen atoms in total. The van der Waals surface area contributed by atoms with Crippen LogP contribution in [-0.4, -0.2) is 44.7 Å². The van der Waals surface area contributed by atoms with Crippen molar-refractivity contribution < 1.29 is 26.4 Å². The first-order valence-electron chi connectivity index (χ1n) is 8.98. The summed E-state index contributed by atoms with van der Waals surface area (Å²) in [7, 11) is -3.50. The molecule has 3 rings (SSSR count). The first kappa shape index (κ1) is 21.3. The smallest absolute Gasteiger partial charge is 0.326 e. The van der Waals surface area contributed by atoms with Gasteiger partial charge in [0.25, 0.3) is 0 Å². The molecule has 1 aliphatic heterocycles. The van der Waals surface area contributed by atoms with Gasteiger partial charge in [-0.25, -0.2) is 8.42 Å². The van der Waals surface area contributed by atoms with Gasteiger partial charge in [-0.2, -0.15) is 13.2 Å². The number of alkyl halides is 3. The molecule has 2 atom stereocenters. The fourth-order valence-electron chi connectivity index (χ4n) is 3.49. The summed E-state index contributed by atoms with van der Waals surface area (Å²) in [5.41, 5.74) is 1.02. The van der Waals surface area contributed by atoms with E-state index in [1.54, 1.807) is 4.90 Å². The number of nitrogens with one attached hydrogen (secondary N) is 1. The van der Waals surface area contributed by atoms with Crippen molar-refractivity contribution in [3.63, 3.8) is 0 Å². The van der Waals surface area contributed by atoms with Gasteiger partial charge in [0.2, 0.25) is 5.91 Å². The Morgan fingerprint density at radius 2 is 1.79 bits per heavy atom. The maximum absolute atomic E-state index is 13.6.